The monoisotopic (exact) mass is 301 g/mol. The standard InChI is InChI=1S/C6H13N3O7P2/c10-6(17(11,12)13,18(14,15)16)2-1-5-9-7-3-4-8-9/h3-4,10H,1-2,5H2,(H2,11,12,13)(H2,14,15,16). The van der Waals surface area contributed by atoms with Crippen LogP contribution in [0.25, 0.3) is 0 Å². The number of hydrogen-bond acceptors (Lipinski definition) is 5. The first-order valence-electron chi connectivity index (χ1n) is 4.76. The SMILES string of the molecule is O=P(O)(O)C(O)(CCCn1nccn1)P(=O)(O)O. The van der Waals surface area contributed by atoms with Gasteiger partial charge in [0, 0.05) is 6.42 Å². The van der Waals surface area contributed by atoms with Crippen molar-refractivity contribution in [1.29, 1.82) is 0 Å². The smallest absolute Gasteiger partial charge is 0.368 e. The van der Waals surface area contributed by atoms with Crippen molar-refractivity contribution in [3.63, 3.8) is 0 Å². The van der Waals surface area contributed by atoms with E-state index >= 15 is 0 Å². The molecule has 0 unspecified atom stereocenters. The summed E-state index contributed by atoms with van der Waals surface area (Å²) < 4.78 is 22.0. The molecule has 5 N–H and O–H groups in total. The van der Waals surface area contributed by atoms with Crippen molar-refractivity contribution in [3.8, 4) is 0 Å². The zero-order chi connectivity index (χ0) is 14.0. The van der Waals surface area contributed by atoms with E-state index in [1.54, 1.807) is 0 Å². The van der Waals surface area contributed by atoms with E-state index in [-0.39, 0.29) is 13.0 Å². The number of aromatic nitrogens is 3. The Hall–Kier alpha value is -0.600. The Labute approximate surface area is 102 Å². The number of hydrogen-bond donors (Lipinski definition) is 5. The van der Waals surface area contributed by atoms with Crippen LogP contribution in [0, 0.1) is 0 Å². The molecule has 0 aliphatic carbocycles. The third-order valence-electron chi connectivity index (χ3n) is 2.27. The maximum absolute atomic E-state index is 11.0. The van der Waals surface area contributed by atoms with Gasteiger partial charge in [-0.05, 0) is 6.42 Å². The van der Waals surface area contributed by atoms with Gasteiger partial charge in [-0.1, -0.05) is 0 Å². The van der Waals surface area contributed by atoms with Crippen LogP contribution in [-0.4, -0.2) is 44.8 Å². The molecule has 1 rings (SSSR count). The van der Waals surface area contributed by atoms with E-state index in [0.29, 0.717) is 0 Å². The first-order valence-corrected chi connectivity index (χ1v) is 7.98. The van der Waals surface area contributed by atoms with Crippen molar-refractivity contribution >= 4 is 15.2 Å². The van der Waals surface area contributed by atoms with Crippen molar-refractivity contribution in [1.82, 2.24) is 15.0 Å². The predicted octanol–water partition coefficient (Wildman–Crippen LogP) is -0.940. The Balaban J connectivity index is 2.76. The van der Waals surface area contributed by atoms with E-state index in [2.05, 4.69) is 10.2 Å². The van der Waals surface area contributed by atoms with Gasteiger partial charge in [0.15, 0.2) is 0 Å². The highest BCUT2D eigenvalue weighted by Crippen LogP contribution is 2.69. The fraction of sp³-hybridized carbons (Fsp3) is 0.667. The van der Waals surface area contributed by atoms with E-state index in [1.807, 2.05) is 0 Å². The quantitative estimate of drug-likeness (QED) is 0.416. The predicted molar refractivity (Wildman–Crippen MR) is 58.3 cm³/mol. The van der Waals surface area contributed by atoms with Gasteiger partial charge in [0.05, 0.1) is 18.9 Å². The maximum Gasteiger partial charge on any atom is 0.369 e. The number of rotatable bonds is 6. The summed E-state index contributed by atoms with van der Waals surface area (Å²) in [5.74, 6) is 0. The molecular weight excluding hydrogens is 288 g/mol. The molecule has 10 nitrogen and oxygen atoms in total. The first-order chi connectivity index (χ1) is 8.08. The Morgan fingerprint density at radius 2 is 1.50 bits per heavy atom. The van der Waals surface area contributed by atoms with Gasteiger partial charge in [-0.25, -0.2) is 0 Å². The van der Waals surface area contributed by atoms with E-state index < -0.39 is 26.7 Å². The van der Waals surface area contributed by atoms with E-state index in [9.17, 15) is 14.2 Å². The van der Waals surface area contributed by atoms with E-state index in [0.717, 1.165) is 0 Å². The number of nitrogens with zero attached hydrogens (tertiary/aromatic N) is 3. The van der Waals surface area contributed by atoms with Crippen LogP contribution < -0.4 is 0 Å². The molecule has 0 saturated heterocycles. The van der Waals surface area contributed by atoms with Gasteiger partial charge in [-0.2, -0.15) is 15.0 Å². The molecule has 0 atom stereocenters. The van der Waals surface area contributed by atoms with Crippen molar-refractivity contribution in [2.45, 2.75) is 24.5 Å². The Morgan fingerprint density at radius 3 is 1.89 bits per heavy atom. The minimum absolute atomic E-state index is 0.0648. The topological polar surface area (TPSA) is 166 Å². The average molecular weight is 301 g/mol. The average Bonchev–Trinajstić information content (AvgIpc) is 2.66. The summed E-state index contributed by atoms with van der Waals surface area (Å²) in [5, 5.41) is 13.6. The van der Waals surface area contributed by atoms with Gasteiger partial charge >= 0.3 is 15.2 Å². The molecule has 12 heteroatoms. The summed E-state index contributed by atoms with van der Waals surface area (Å²) in [6, 6.07) is 0. The molecule has 0 aliphatic rings. The minimum Gasteiger partial charge on any atom is -0.368 e. The lowest BCUT2D eigenvalue weighted by atomic mass is 10.3. The normalized spacial score (nSPS) is 13.8. The lowest BCUT2D eigenvalue weighted by molar-refractivity contribution is 0.119. The second-order valence-corrected chi connectivity index (χ2v) is 7.60. The zero-order valence-electron chi connectivity index (χ0n) is 9.06. The second-order valence-electron chi connectivity index (χ2n) is 3.59. The fourth-order valence-electron chi connectivity index (χ4n) is 1.28. The second kappa shape index (κ2) is 5.18. The highest BCUT2D eigenvalue weighted by molar-refractivity contribution is 7.72. The Kier molecular flexibility index (Phi) is 4.45. The van der Waals surface area contributed by atoms with Crippen LogP contribution in [0.2, 0.25) is 0 Å². The van der Waals surface area contributed by atoms with Crippen LogP contribution in [-0.2, 0) is 15.7 Å². The molecule has 0 radical (unpaired) electrons. The van der Waals surface area contributed by atoms with E-state index in [1.165, 1.54) is 17.2 Å². The van der Waals surface area contributed by atoms with Crippen LogP contribution in [0.4, 0.5) is 0 Å². The molecule has 0 spiro atoms. The summed E-state index contributed by atoms with van der Waals surface area (Å²) in [5.41, 5.74) is 0. The highest BCUT2D eigenvalue weighted by atomic mass is 31.2. The lowest BCUT2D eigenvalue weighted by Crippen LogP contribution is -2.29. The van der Waals surface area contributed by atoms with Crippen LogP contribution >= 0.6 is 15.2 Å². The van der Waals surface area contributed by atoms with Gasteiger partial charge in [0.2, 0.25) is 0 Å². The van der Waals surface area contributed by atoms with Crippen LogP contribution in [0.1, 0.15) is 12.8 Å². The molecule has 0 fully saturated rings. The lowest BCUT2D eigenvalue weighted by Gasteiger charge is -2.28. The van der Waals surface area contributed by atoms with E-state index in [4.69, 9.17) is 19.6 Å². The summed E-state index contributed by atoms with van der Waals surface area (Å²) in [7, 11) is -10.7. The molecule has 0 saturated carbocycles. The number of aliphatic hydroxyl groups is 1. The number of aryl methyl sites for hydroxylation is 1. The molecular formula is C6H13N3O7P2. The van der Waals surface area contributed by atoms with Gasteiger partial charge in [0.1, 0.15) is 0 Å². The van der Waals surface area contributed by atoms with Crippen molar-refractivity contribution in [2.75, 3.05) is 0 Å². The summed E-state index contributed by atoms with van der Waals surface area (Å²) in [4.78, 5) is 36.6. The fourth-order valence-corrected chi connectivity index (χ4v) is 3.53. The summed E-state index contributed by atoms with van der Waals surface area (Å²) in [6.07, 6.45) is 1.86. The molecule has 1 heterocycles. The molecule has 1 aromatic heterocycles. The van der Waals surface area contributed by atoms with Crippen LogP contribution in [0.15, 0.2) is 12.4 Å². The van der Waals surface area contributed by atoms with Gasteiger partial charge in [-0.15, -0.1) is 0 Å². The Bertz CT molecular complexity index is 455. The van der Waals surface area contributed by atoms with Gasteiger partial charge in [0.25, 0.3) is 5.08 Å². The largest absolute Gasteiger partial charge is 0.369 e. The van der Waals surface area contributed by atoms with Gasteiger partial charge in [-0.3, -0.25) is 9.13 Å². The van der Waals surface area contributed by atoms with Crippen molar-refractivity contribution in [3.05, 3.63) is 12.4 Å². The summed E-state index contributed by atoms with van der Waals surface area (Å²) in [6.45, 7) is 0.0648. The molecule has 0 aromatic carbocycles. The third kappa shape index (κ3) is 3.24. The third-order valence-corrected chi connectivity index (χ3v) is 6.15. The maximum atomic E-state index is 11.0. The molecule has 18 heavy (non-hydrogen) atoms. The molecule has 0 amide bonds. The highest BCUT2D eigenvalue weighted by Gasteiger charge is 2.58. The Morgan fingerprint density at radius 1 is 1.06 bits per heavy atom. The zero-order valence-corrected chi connectivity index (χ0v) is 10.9. The first kappa shape index (κ1) is 15.5. The van der Waals surface area contributed by atoms with Crippen LogP contribution in [0.5, 0.6) is 0 Å². The molecule has 104 valence electrons. The minimum atomic E-state index is -5.37. The molecule has 0 bridgehead atoms. The molecule has 1 aromatic rings. The van der Waals surface area contributed by atoms with Crippen molar-refractivity contribution < 1.29 is 33.8 Å². The molecule has 0 aliphatic heterocycles. The summed E-state index contributed by atoms with van der Waals surface area (Å²) >= 11 is 0. The van der Waals surface area contributed by atoms with Crippen molar-refractivity contribution in [2.24, 2.45) is 0 Å². The van der Waals surface area contributed by atoms with Crippen LogP contribution in [0.3, 0.4) is 0 Å². The van der Waals surface area contributed by atoms with Gasteiger partial charge < -0.3 is 24.7 Å².